The molecule has 0 saturated carbocycles. The van der Waals surface area contributed by atoms with Gasteiger partial charge in [-0.3, -0.25) is 9.59 Å². The predicted octanol–water partition coefficient (Wildman–Crippen LogP) is 4.37. The number of hydrogen-bond acceptors (Lipinski definition) is 5. The highest BCUT2D eigenvalue weighted by Crippen LogP contribution is 2.32. The van der Waals surface area contributed by atoms with E-state index in [0.29, 0.717) is 29.9 Å². The molecule has 0 spiro atoms. The van der Waals surface area contributed by atoms with Crippen molar-refractivity contribution in [3.05, 3.63) is 59.2 Å². The molecule has 1 atom stereocenters. The Kier molecular flexibility index (Phi) is 8.21. The zero-order chi connectivity index (χ0) is 25.7. The number of amides is 2. The van der Waals surface area contributed by atoms with Crippen molar-refractivity contribution in [2.24, 2.45) is 10.7 Å². The molecule has 0 bridgehead atoms. The summed E-state index contributed by atoms with van der Waals surface area (Å²) in [6.07, 6.45) is 5.83. The van der Waals surface area contributed by atoms with Crippen LogP contribution in [0, 0.1) is 0 Å². The van der Waals surface area contributed by atoms with Crippen LogP contribution in [0.4, 0.5) is 5.69 Å². The zero-order valence-corrected chi connectivity index (χ0v) is 21.2. The third-order valence-electron chi connectivity index (χ3n) is 6.86. The smallest absolute Gasteiger partial charge is 0.254 e. The standard InChI is InChI=1S/C29H36N4O3/c1-3-13-32(14-4-2)28(35)24-16-23-12-11-22(17-26(23)31-27(30)18-24)20-7-9-21(10-8-20)29(36)33-15-5-6-25(33)19-34/h7-12,16-17,25,34H,3-6,13-15,18-19H2,1-2H3,(H2,30,31). The van der Waals surface area contributed by atoms with E-state index in [-0.39, 0.29) is 24.5 Å². The highest BCUT2D eigenvalue weighted by atomic mass is 16.3. The van der Waals surface area contributed by atoms with Gasteiger partial charge in [0.2, 0.25) is 5.91 Å². The molecule has 1 saturated heterocycles. The van der Waals surface area contributed by atoms with Crippen LogP contribution < -0.4 is 5.73 Å². The summed E-state index contributed by atoms with van der Waals surface area (Å²) in [7, 11) is 0. The van der Waals surface area contributed by atoms with E-state index in [1.165, 1.54) is 0 Å². The Morgan fingerprint density at radius 1 is 1.08 bits per heavy atom. The molecule has 4 rings (SSSR count). The number of benzene rings is 2. The van der Waals surface area contributed by atoms with E-state index in [2.05, 4.69) is 18.8 Å². The van der Waals surface area contributed by atoms with E-state index >= 15 is 0 Å². The minimum Gasteiger partial charge on any atom is -0.394 e. The second-order valence-electron chi connectivity index (χ2n) is 9.57. The number of likely N-dealkylation sites (tertiary alicyclic amines) is 1. The minimum atomic E-state index is -0.0917. The van der Waals surface area contributed by atoms with E-state index < -0.39 is 0 Å². The van der Waals surface area contributed by atoms with Gasteiger partial charge in [0.15, 0.2) is 0 Å². The van der Waals surface area contributed by atoms with Crippen molar-refractivity contribution < 1.29 is 14.7 Å². The Hall–Kier alpha value is -3.45. The second kappa shape index (κ2) is 11.5. The van der Waals surface area contributed by atoms with Gasteiger partial charge in [-0.1, -0.05) is 38.1 Å². The van der Waals surface area contributed by atoms with Crippen LogP contribution in [0.5, 0.6) is 0 Å². The Morgan fingerprint density at radius 2 is 1.78 bits per heavy atom. The number of nitrogens with zero attached hydrogens (tertiary/aromatic N) is 3. The minimum absolute atomic E-state index is 0.000402. The molecule has 0 radical (unpaired) electrons. The van der Waals surface area contributed by atoms with Gasteiger partial charge in [-0.15, -0.1) is 0 Å². The predicted molar refractivity (Wildman–Crippen MR) is 144 cm³/mol. The van der Waals surface area contributed by atoms with Crippen molar-refractivity contribution in [1.82, 2.24) is 9.80 Å². The third kappa shape index (κ3) is 5.51. The van der Waals surface area contributed by atoms with Gasteiger partial charge in [-0.2, -0.15) is 0 Å². The molecule has 2 aromatic carbocycles. The first-order valence-corrected chi connectivity index (χ1v) is 12.9. The first-order chi connectivity index (χ1) is 17.4. The van der Waals surface area contributed by atoms with Crippen molar-refractivity contribution >= 4 is 29.4 Å². The first-order valence-electron chi connectivity index (χ1n) is 12.9. The molecule has 3 N–H and O–H groups in total. The Labute approximate surface area is 213 Å². The Morgan fingerprint density at radius 3 is 2.44 bits per heavy atom. The summed E-state index contributed by atoms with van der Waals surface area (Å²) in [5.41, 5.74) is 11.0. The van der Waals surface area contributed by atoms with Crippen LogP contribution in [0.3, 0.4) is 0 Å². The fourth-order valence-corrected chi connectivity index (χ4v) is 5.03. The van der Waals surface area contributed by atoms with Crippen LogP contribution in [-0.4, -0.2) is 64.8 Å². The molecular weight excluding hydrogens is 452 g/mol. The maximum atomic E-state index is 13.2. The normalized spacial score (nSPS) is 17.2. The van der Waals surface area contributed by atoms with Crippen molar-refractivity contribution in [2.75, 3.05) is 26.2 Å². The lowest BCUT2D eigenvalue weighted by molar-refractivity contribution is -0.127. The SMILES string of the molecule is CCCN(CCC)C(=O)C1=Cc2ccc(-c3ccc(C(=O)N4CCCC4CO)cc3)cc2N=C(N)C1. The van der Waals surface area contributed by atoms with Gasteiger partial charge in [0.25, 0.3) is 5.91 Å². The van der Waals surface area contributed by atoms with Crippen molar-refractivity contribution in [3.63, 3.8) is 0 Å². The lowest BCUT2D eigenvalue weighted by atomic mass is 9.99. The molecule has 2 heterocycles. The van der Waals surface area contributed by atoms with Crippen LogP contribution in [0.1, 0.15) is 61.9 Å². The van der Waals surface area contributed by atoms with E-state index in [1.807, 2.05) is 53.4 Å². The van der Waals surface area contributed by atoms with Gasteiger partial charge in [-0.05, 0) is 61.1 Å². The average Bonchev–Trinajstić information content (AvgIpc) is 3.30. The molecule has 190 valence electrons. The summed E-state index contributed by atoms with van der Waals surface area (Å²) in [4.78, 5) is 34.4. The molecular formula is C29H36N4O3. The topological polar surface area (TPSA) is 99.2 Å². The number of carbonyl (C=O) groups is 2. The van der Waals surface area contributed by atoms with Gasteiger partial charge >= 0.3 is 0 Å². The highest BCUT2D eigenvalue weighted by Gasteiger charge is 2.28. The monoisotopic (exact) mass is 488 g/mol. The van der Waals surface area contributed by atoms with E-state index in [0.717, 1.165) is 61.2 Å². The number of aliphatic hydroxyl groups excluding tert-OH is 1. The average molecular weight is 489 g/mol. The Bertz CT molecular complexity index is 1160. The van der Waals surface area contributed by atoms with E-state index in [4.69, 9.17) is 5.73 Å². The fourth-order valence-electron chi connectivity index (χ4n) is 5.03. The van der Waals surface area contributed by atoms with Gasteiger partial charge < -0.3 is 20.6 Å². The molecule has 7 heteroatoms. The number of nitrogens with two attached hydrogens (primary N) is 1. The molecule has 36 heavy (non-hydrogen) atoms. The summed E-state index contributed by atoms with van der Waals surface area (Å²) in [5, 5.41) is 9.54. The molecule has 1 fully saturated rings. The number of fused-ring (bicyclic) bond motifs is 1. The molecule has 0 aliphatic carbocycles. The van der Waals surface area contributed by atoms with E-state index in [9.17, 15) is 14.7 Å². The van der Waals surface area contributed by atoms with Crippen LogP contribution in [-0.2, 0) is 4.79 Å². The fraction of sp³-hybridized carbons (Fsp3) is 0.414. The molecule has 7 nitrogen and oxygen atoms in total. The van der Waals surface area contributed by atoms with E-state index in [1.54, 1.807) is 4.90 Å². The van der Waals surface area contributed by atoms with Crippen LogP contribution in [0.2, 0.25) is 0 Å². The molecule has 2 aromatic rings. The maximum Gasteiger partial charge on any atom is 0.254 e. The van der Waals surface area contributed by atoms with Gasteiger partial charge in [0, 0.05) is 42.8 Å². The largest absolute Gasteiger partial charge is 0.394 e. The third-order valence-corrected chi connectivity index (χ3v) is 6.86. The number of aliphatic hydroxyl groups is 1. The quantitative estimate of drug-likeness (QED) is 0.576. The number of rotatable bonds is 8. The molecule has 2 amide bonds. The van der Waals surface area contributed by atoms with Crippen molar-refractivity contribution in [3.8, 4) is 11.1 Å². The molecule has 0 aromatic heterocycles. The molecule has 2 aliphatic heterocycles. The number of hydrogen-bond donors (Lipinski definition) is 2. The summed E-state index contributed by atoms with van der Waals surface area (Å²) in [5.74, 6) is 0.402. The summed E-state index contributed by atoms with van der Waals surface area (Å²) in [6.45, 7) is 6.28. The second-order valence-corrected chi connectivity index (χ2v) is 9.57. The summed E-state index contributed by atoms with van der Waals surface area (Å²) in [6, 6.07) is 13.4. The maximum absolute atomic E-state index is 13.2. The van der Waals surface area contributed by atoms with Crippen LogP contribution >= 0.6 is 0 Å². The number of amidine groups is 1. The van der Waals surface area contributed by atoms with Crippen molar-refractivity contribution in [2.45, 2.75) is 52.0 Å². The van der Waals surface area contributed by atoms with Crippen LogP contribution in [0.25, 0.3) is 17.2 Å². The molecule has 2 aliphatic rings. The lowest BCUT2D eigenvalue weighted by Crippen LogP contribution is -2.37. The summed E-state index contributed by atoms with van der Waals surface area (Å²) < 4.78 is 0. The zero-order valence-electron chi connectivity index (χ0n) is 21.2. The number of carbonyl (C=O) groups excluding carboxylic acids is 2. The number of aliphatic imine (C=N–C) groups is 1. The van der Waals surface area contributed by atoms with Crippen molar-refractivity contribution in [1.29, 1.82) is 0 Å². The van der Waals surface area contributed by atoms with Crippen LogP contribution in [0.15, 0.2) is 53.0 Å². The Balaban J connectivity index is 1.57. The first kappa shape index (κ1) is 25.6. The van der Waals surface area contributed by atoms with Gasteiger partial charge in [0.05, 0.1) is 18.3 Å². The molecule has 1 unspecified atom stereocenters. The highest BCUT2D eigenvalue weighted by molar-refractivity contribution is 6.05. The summed E-state index contributed by atoms with van der Waals surface area (Å²) >= 11 is 0. The lowest BCUT2D eigenvalue weighted by Gasteiger charge is -2.23. The van der Waals surface area contributed by atoms with Gasteiger partial charge in [0.1, 0.15) is 5.84 Å². The van der Waals surface area contributed by atoms with Gasteiger partial charge in [-0.25, -0.2) is 4.99 Å².